The van der Waals surface area contributed by atoms with Crippen LogP contribution in [0.4, 0.5) is 0 Å². The number of methoxy groups -OCH3 is 4. The normalized spacial score (nSPS) is 14.4. The lowest BCUT2D eigenvalue weighted by Crippen LogP contribution is -3.13. The maximum atomic E-state index is 13.0. The fourth-order valence-corrected chi connectivity index (χ4v) is 3.66. The molecule has 2 aromatic carbocycles. The number of ether oxygens (including phenoxy) is 4. The fourth-order valence-electron chi connectivity index (χ4n) is 3.66. The van der Waals surface area contributed by atoms with E-state index in [4.69, 9.17) is 18.9 Å². The van der Waals surface area contributed by atoms with E-state index >= 15 is 0 Å². The highest BCUT2D eigenvalue weighted by molar-refractivity contribution is 5.95. The molecule has 3 rings (SSSR count). The molecule has 0 unspecified atom stereocenters. The summed E-state index contributed by atoms with van der Waals surface area (Å²) in [5, 5.41) is 0. The predicted octanol–water partition coefficient (Wildman–Crippen LogP) is 1.26. The summed E-state index contributed by atoms with van der Waals surface area (Å²) >= 11 is 0. The number of hydrogen-bond acceptors (Lipinski definition) is 5. The first kappa shape index (κ1) is 20.8. The molecule has 7 heteroatoms. The summed E-state index contributed by atoms with van der Waals surface area (Å²) in [6, 6.07) is 11.6. The molecule has 1 amide bonds. The summed E-state index contributed by atoms with van der Waals surface area (Å²) in [6.45, 7) is 4.12. The molecule has 29 heavy (non-hydrogen) atoms. The van der Waals surface area contributed by atoms with E-state index in [0.29, 0.717) is 35.9 Å². The minimum atomic E-state index is -0.0234. The average molecular weight is 401 g/mol. The van der Waals surface area contributed by atoms with E-state index in [1.807, 2.05) is 17.0 Å². The number of quaternary nitrogens is 1. The van der Waals surface area contributed by atoms with Crippen LogP contribution < -0.4 is 23.8 Å². The van der Waals surface area contributed by atoms with Gasteiger partial charge in [0.25, 0.3) is 5.91 Å². The predicted molar refractivity (Wildman–Crippen MR) is 109 cm³/mol. The Morgan fingerprint density at radius 3 is 2.14 bits per heavy atom. The molecule has 0 spiro atoms. The number of amides is 1. The highest BCUT2D eigenvalue weighted by Gasteiger charge is 2.26. The van der Waals surface area contributed by atoms with Crippen LogP contribution in [-0.2, 0) is 6.54 Å². The van der Waals surface area contributed by atoms with Gasteiger partial charge in [0.05, 0.1) is 54.6 Å². The first-order chi connectivity index (χ1) is 14.1. The zero-order valence-electron chi connectivity index (χ0n) is 17.5. The summed E-state index contributed by atoms with van der Waals surface area (Å²) in [4.78, 5) is 16.4. The average Bonchev–Trinajstić information content (AvgIpc) is 2.78. The lowest BCUT2D eigenvalue weighted by Gasteiger charge is -2.32. The van der Waals surface area contributed by atoms with Crippen LogP contribution >= 0.6 is 0 Å². The molecule has 1 saturated heterocycles. The quantitative estimate of drug-likeness (QED) is 0.757. The van der Waals surface area contributed by atoms with Gasteiger partial charge in [-0.05, 0) is 24.3 Å². The number of hydrogen-bond donors (Lipinski definition) is 1. The first-order valence-electron chi connectivity index (χ1n) is 9.65. The Morgan fingerprint density at radius 2 is 1.59 bits per heavy atom. The summed E-state index contributed by atoms with van der Waals surface area (Å²) in [5.74, 6) is 2.30. The first-order valence-corrected chi connectivity index (χ1v) is 9.65. The number of rotatable bonds is 7. The Labute approximate surface area is 171 Å². The molecular weight excluding hydrogens is 372 g/mol. The van der Waals surface area contributed by atoms with E-state index < -0.39 is 0 Å². The van der Waals surface area contributed by atoms with Crippen molar-refractivity contribution in [2.24, 2.45) is 0 Å². The van der Waals surface area contributed by atoms with Crippen LogP contribution in [0.25, 0.3) is 0 Å². The third-order valence-corrected chi connectivity index (χ3v) is 5.26. The molecule has 0 saturated carbocycles. The van der Waals surface area contributed by atoms with Gasteiger partial charge in [0.2, 0.25) is 5.75 Å². The molecule has 0 atom stereocenters. The van der Waals surface area contributed by atoms with E-state index in [0.717, 1.165) is 25.4 Å². The maximum absolute atomic E-state index is 13.0. The zero-order valence-corrected chi connectivity index (χ0v) is 17.5. The van der Waals surface area contributed by atoms with Gasteiger partial charge < -0.3 is 28.7 Å². The van der Waals surface area contributed by atoms with Gasteiger partial charge in [0.15, 0.2) is 11.5 Å². The standard InChI is InChI=1S/C22H28N2O5/c1-26-18-7-5-6-16(12-18)15-23-8-10-24(11-9-23)22(25)17-13-19(27-2)21(29-4)20(14-17)28-3/h5-7,12-14H,8-11,15H2,1-4H3/p+1. The minimum Gasteiger partial charge on any atom is -0.497 e. The van der Waals surface area contributed by atoms with E-state index in [1.165, 1.54) is 10.5 Å². The monoisotopic (exact) mass is 401 g/mol. The Bertz CT molecular complexity index is 822. The molecular formula is C22H29N2O5+. The smallest absolute Gasteiger partial charge is 0.254 e. The van der Waals surface area contributed by atoms with Gasteiger partial charge in [-0.15, -0.1) is 0 Å². The van der Waals surface area contributed by atoms with E-state index in [1.54, 1.807) is 40.6 Å². The van der Waals surface area contributed by atoms with Crippen LogP contribution in [0.15, 0.2) is 36.4 Å². The van der Waals surface area contributed by atoms with Crippen LogP contribution in [0.5, 0.6) is 23.0 Å². The molecule has 0 aliphatic carbocycles. The molecule has 1 aliphatic heterocycles. The number of benzene rings is 2. The molecule has 7 nitrogen and oxygen atoms in total. The summed E-state index contributed by atoms with van der Waals surface area (Å²) in [5.41, 5.74) is 1.78. The second-order valence-corrected chi connectivity index (χ2v) is 6.98. The van der Waals surface area contributed by atoms with E-state index in [-0.39, 0.29) is 5.91 Å². The zero-order chi connectivity index (χ0) is 20.8. The van der Waals surface area contributed by atoms with Crippen molar-refractivity contribution in [2.45, 2.75) is 6.54 Å². The highest BCUT2D eigenvalue weighted by Crippen LogP contribution is 2.38. The topological polar surface area (TPSA) is 61.7 Å². The van der Waals surface area contributed by atoms with Crippen molar-refractivity contribution in [3.63, 3.8) is 0 Å². The second-order valence-electron chi connectivity index (χ2n) is 6.98. The third-order valence-electron chi connectivity index (χ3n) is 5.26. The van der Waals surface area contributed by atoms with Gasteiger partial charge in [-0.1, -0.05) is 12.1 Å². The molecule has 1 N–H and O–H groups in total. The Kier molecular flexibility index (Phi) is 6.82. The van der Waals surface area contributed by atoms with Crippen LogP contribution in [0.2, 0.25) is 0 Å². The van der Waals surface area contributed by atoms with Crippen LogP contribution in [0, 0.1) is 0 Å². The van der Waals surface area contributed by atoms with Crippen molar-refractivity contribution in [2.75, 3.05) is 54.6 Å². The van der Waals surface area contributed by atoms with Crippen molar-refractivity contribution in [1.29, 1.82) is 0 Å². The van der Waals surface area contributed by atoms with Crippen LogP contribution in [0.1, 0.15) is 15.9 Å². The molecule has 0 radical (unpaired) electrons. The van der Waals surface area contributed by atoms with Crippen molar-refractivity contribution in [1.82, 2.24) is 4.90 Å². The molecule has 0 bridgehead atoms. The van der Waals surface area contributed by atoms with Gasteiger partial charge in [0.1, 0.15) is 12.3 Å². The molecule has 156 valence electrons. The van der Waals surface area contributed by atoms with Crippen molar-refractivity contribution >= 4 is 5.91 Å². The number of carbonyl (C=O) groups is 1. The Morgan fingerprint density at radius 1 is 0.931 bits per heavy atom. The van der Waals surface area contributed by atoms with Gasteiger partial charge in [-0.3, -0.25) is 4.79 Å². The van der Waals surface area contributed by atoms with E-state index in [9.17, 15) is 4.79 Å². The summed E-state index contributed by atoms with van der Waals surface area (Å²) in [7, 11) is 6.32. The minimum absolute atomic E-state index is 0.0234. The Hall–Kier alpha value is -2.93. The third kappa shape index (κ3) is 4.74. The van der Waals surface area contributed by atoms with E-state index in [2.05, 4.69) is 12.1 Å². The SMILES string of the molecule is COc1cccc(C[NH+]2CCN(C(=O)c3cc(OC)c(OC)c(OC)c3)CC2)c1. The van der Waals surface area contributed by atoms with Crippen molar-refractivity contribution in [3.8, 4) is 23.0 Å². The van der Waals surface area contributed by atoms with Gasteiger partial charge >= 0.3 is 0 Å². The number of carbonyl (C=O) groups excluding carboxylic acids is 1. The number of piperazine rings is 1. The van der Waals surface area contributed by atoms with Gasteiger partial charge in [0, 0.05) is 11.1 Å². The van der Waals surface area contributed by atoms with Gasteiger partial charge in [-0.25, -0.2) is 0 Å². The number of nitrogens with one attached hydrogen (secondary N) is 1. The largest absolute Gasteiger partial charge is 0.497 e. The van der Waals surface area contributed by atoms with Crippen molar-refractivity contribution in [3.05, 3.63) is 47.5 Å². The molecule has 1 aliphatic rings. The highest BCUT2D eigenvalue weighted by atomic mass is 16.5. The molecule has 2 aromatic rings. The molecule has 0 aromatic heterocycles. The van der Waals surface area contributed by atoms with Crippen LogP contribution in [0.3, 0.4) is 0 Å². The lowest BCUT2D eigenvalue weighted by molar-refractivity contribution is -0.917. The molecule has 1 heterocycles. The Balaban J connectivity index is 1.65. The van der Waals surface area contributed by atoms with Gasteiger partial charge in [-0.2, -0.15) is 0 Å². The second kappa shape index (κ2) is 9.52. The summed E-state index contributed by atoms with van der Waals surface area (Å²) in [6.07, 6.45) is 0. The summed E-state index contributed by atoms with van der Waals surface area (Å²) < 4.78 is 21.4. The van der Waals surface area contributed by atoms with Crippen molar-refractivity contribution < 1.29 is 28.6 Å². The maximum Gasteiger partial charge on any atom is 0.254 e. The van der Waals surface area contributed by atoms with Crippen LogP contribution in [-0.4, -0.2) is 65.4 Å². The number of nitrogens with zero attached hydrogens (tertiary/aromatic N) is 1. The molecule has 1 fully saturated rings. The fraction of sp³-hybridized carbons (Fsp3) is 0.409. The lowest BCUT2D eigenvalue weighted by atomic mass is 10.1.